The van der Waals surface area contributed by atoms with Crippen LogP contribution in [0.4, 0.5) is 17.1 Å². The molecule has 2 aromatic carbocycles. The van der Waals surface area contributed by atoms with Crippen molar-refractivity contribution in [3.63, 3.8) is 0 Å². The summed E-state index contributed by atoms with van der Waals surface area (Å²) in [6.45, 7) is 7.31. The highest BCUT2D eigenvalue weighted by Gasteiger charge is 2.19. The van der Waals surface area contributed by atoms with E-state index in [2.05, 4.69) is 22.0 Å². The van der Waals surface area contributed by atoms with Gasteiger partial charge in [-0.05, 0) is 36.9 Å². The van der Waals surface area contributed by atoms with Crippen LogP contribution in [-0.4, -0.2) is 48.5 Å². The van der Waals surface area contributed by atoms with Gasteiger partial charge >= 0.3 is 0 Å². The predicted octanol–water partition coefficient (Wildman–Crippen LogP) is 2.99. The minimum Gasteiger partial charge on any atom is -0.369 e. The minimum absolute atomic E-state index is 0.0530. The second-order valence-corrected chi connectivity index (χ2v) is 6.20. The van der Waals surface area contributed by atoms with E-state index >= 15 is 0 Å². The summed E-state index contributed by atoms with van der Waals surface area (Å²) in [7, 11) is 0. The Hall–Kier alpha value is -2.93. The summed E-state index contributed by atoms with van der Waals surface area (Å²) in [5.74, 6) is -0.485. The molecule has 0 radical (unpaired) electrons. The van der Waals surface area contributed by atoms with Crippen molar-refractivity contribution in [1.82, 2.24) is 4.90 Å². The van der Waals surface area contributed by atoms with Gasteiger partial charge < -0.3 is 15.1 Å². The number of nitrogens with zero attached hydrogens (tertiary/aromatic N) is 3. The number of benzene rings is 2. The number of carbonyl (C=O) groups is 1. The van der Waals surface area contributed by atoms with Gasteiger partial charge in [0, 0.05) is 43.6 Å². The van der Waals surface area contributed by atoms with Gasteiger partial charge in [-0.1, -0.05) is 19.1 Å². The largest absolute Gasteiger partial charge is 0.369 e. The van der Waals surface area contributed by atoms with Crippen LogP contribution in [0.3, 0.4) is 0 Å². The first kappa shape index (κ1) is 17.9. The van der Waals surface area contributed by atoms with E-state index in [9.17, 15) is 14.9 Å². The molecule has 1 N–H and O–H groups in total. The molecule has 0 bridgehead atoms. The molecule has 0 aliphatic carbocycles. The fourth-order valence-electron chi connectivity index (χ4n) is 3.10. The molecule has 26 heavy (non-hydrogen) atoms. The van der Waals surface area contributed by atoms with Crippen LogP contribution in [0.15, 0.2) is 48.5 Å². The third kappa shape index (κ3) is 4.00. The molecule has 2 aromatic rings. The first-order valence-corrected chi connectivity index (χ1v) is 8.70. The quantitative estimate of drug-likeness (QED) is 0.660. The van der Waals surface area contributed by atoms with E-state index in [0.29, 0.717) is 5.69 Å². The number of para-hydroxylation sites is 1. The Kier molecular flexibility index (Phi) is 5.48. The van der Waals surface area contributed by atoms with Crippen LogP contribution in [0.1, 0.15) is 17.3 Å². The molecule has 1 saturated heterocycles. The number of piperazine rings is 1. The van der Waals surface area contributed by atoms with Crippen LogP contribution in [0.5, 0.6) is 0 Å². The van der Waals surface area contributed by atoms with Gasteiger partial charge in [0.05, 0.1) is 4.92 Å². The van der Waals surface area contributed by atoms with E-state index in [-0.39, 0.29) is 11.3 Å². The van der Waals surface area contributed by atoms with Crippen LogP contribution in [0, 0.1) is 10.1 Å². The summed E-state index contributed by atoms with van der Waals surface area (Å²) >= 11 is 0. The molecule has 7 heteroatoms. The van der Waals surface area contributed by atoms with Crippen molar-refractivity contribution < 1.29 is 9.72 Å². The van der Waals surface area contributed by atoms with Gasteiger partial charge in [-0.25, -0.2) is 0 Å². The molecule has 1 fully saturated rings. The van der Waals surface area contributed by atoms with Crippen molar-refractivity contribution in [2.45, 2.75) is 6.92 Å². The smallest absolute Gasteiger partial charge is 0.282 e. The molecule has 0 unspecified atom stereocenters. The fraction of sp³-hybridized carbons (Fsp3) is 0.316. The van der Waals surface area contributed by atoms with Gasteiger partial charge in [-0.15, -0.1) is 0 Å². The molecule has 1 amide bonds. The van der Waals surface area contributed by atoms with Gasteiger partial charge in [0.1, 0.15) is 5.56 Å². The molecular formula is C19H22N4O3. The molecule has 3 rings (SSSR count). The maximum Gasteiger partial charge on any atom is 0.282 e. The molecule has 1 heterocycles. The number of nitrogens with one attached hydrogen (secondary N) is 1. The second kappa shape index (κ2) is 7.97. The number of carbonyl (C=O) groups excluding carboxylic acids is 1. The molecule has 0 saturated carbocycles. The molecular weight excluding hydrogens is 332 g/mol. The topological polar surface area (TPSA) is 78.7 Å². The monoisotopic (exact) mass is 354 g/mol. The van der Waals surface area contributed by atoms with Crippen molar-refractivity contribution in [3.05, 3.63) is 64.2 Å². The number of nitro groups is 1. The number of anilines is 2. The molecule has 136 valence electrons. The number of amides is 1. The van der Waals surface area contributed by atoms with Gasteiger partial charge in [-0.3, -0.25) is 14.9 Å². The molecule has 0 atom stereocenters. The van der Waals surface area contributed by atoms with Crippen LogP contribution in [0.25, 0.3) is 0 Å². The van der Waals surface area contributed by atoms with Crippen molar-refractivity contribution in [2.24, 2.45) is 0 Å². The standard InChI is InChI=1S/C19H22N4O3/c1-2-21-11-13-22(14-12-21)16-9-7-15(8-10-16)20-19(24)17-5-3-4-6-18(17)23(25)26/h3-10H,2,11-14H2,1H3,(H,20,24). The van der Waals surface area contributed by atoms with Gasteiger partial charge in [-0.2, -0.15) is 0 Å². The van der Waals surface area contributed by atoms with Crippen molar-refractivity contribution in [3.8, 4) is 0 Å². The highest BCUT2D eigenvalue weighted by molar-refractivity contribution is 6.07. The van der Waals surface area contributed by atoms with Gasteiger partial charge in [0.25, 0.3) is 11.6 Å². The average Bonchev–Trinajstić information content (AvgIpc) is 2.68. The third-order valence-electron chi connectivity index (χ3n) is 4.66. The lowest BCUT2D eigenvalue weighted by Crippen LogP contribution is -2.46. The van der Waals surface area contributed by atoms with Crippen molar-refractivity contribution >= 4 is 23.0 Å². The summed E-state index contributed by atoms with van der Waals surface area (Å²) < 4.78 is 0. The Morgan fingerprint density at radius 2 is 1.73 bits per heavy atom. The molecule has 0 aromatic heterocycles. The van der Waals surface area contributed by atoms with Crippen molar-refractivity contribution in [1.29, 1.82) is 0 Å². The highest BCUT2D eigenvalue weighted by Crippen LogP contribution is 2.22. The number of hydrogen-bond donors (Lipinski definition) is 1. The zero-order valence-electron chi connectivity index (χ0n) is 14.7. The van der Waals surface area contributed by atoms with Gasteiger partial charge in [0.2, 0.25) is 0 Å². The van der Waals surface area contributed by atoms with E-state index in [0.717, 1.165) is 38.4 Å². The SMILES string of the molecule is CCN1CCN(c2ccc(NC(=O)c3ccccc3[N+](=O)[O-])cc2)CC1. The van der Waals surface area contributed by atoms with E-state index < -0.39 is 10.8 Å². The predicted molar refractivity (Wildman–Crippen MR) is 102 cm³/mol. The number of rotatable bonds is 5. The first-order chi connectivity index (χ1) is 12.6. The zero-order chi connectivity index (χ0) is 18.5. The Bertz CT molecular complexity index is 784. The summed E-state index contributed by atoms with van der Waals surface area (Å²) in [5.41, 5.74) is 1.58. The Morgan fingerprint density at radius 1 is 1.08 bits per heavy atom. The Balaban J connectivity index is 1.66. The highest BCUT2D eigenvalue weighted by atomic mass is 16.6. The van der Waals surface area contributed by atoms with Crippen LogP contribution in [0.2, 0.25) is 0 Å². The lowest BCUT2D eigenvalue weighted by Gasteiger charge is -2.35. The molecule has 7 nitrogen and oxygen atoms in total. The maximum atomic E-state index is 12.4. The van der Waals surface area contributed by atoms with E-state index in [1.54, 1.807) is 12.1 Å². The Morgan fingerprint density at radius 3 is 2.35 bits per heavy atom. The number of nitro benzene ring substituents is 1. The number of likely N-dealkylation sites (N-methyl/N-ethyl adjacent to an activating group) is 1. The lowest BCUT2D eigenvalue weighted by molar-refractivity contribution is -0.385. The fourth-order valence-corrected chi connectivity index (χ4v) is 3.10. The second-order valence-electron chi connectivity index (χ2n) is 6.20. The van der Waals surface area contributed by atoms with Crippen molar-refractivity contribution in [2.75, 3.05) is 42.9 Å². The minimum atomic E-state index is -0.548. The van der Waals surface area contributed by atoms with Crippen LogP contribution >= 0.6 is 0 Å². The summed E-state index contributed by atoms with van der Waals surface area (Å²) in [5, 5.41) is 13.8. The molecule has 1 aliphatic rings. The summed E-state index contributed by atoms with van der Waals surface area (Å²) in [6, 6.07) is 13.5. The average molecular weight is 354 g/mol. The van der Waals surface area contributed by atoms with Crippen LogP contribution in [-0.2, 0) is 0 Å². The Labute approximate surface area is 152 Å². The zero-order valence-corrected chi connectivity index (χ0v) is 14.7. The van der Waals surface area contributed by atoms with Gasteiger partial charge in [0.15, 0.2) is 0 Å². The molecule has 0 spiro atoms. The van der Waals surface area contributed by atoms with E-state index in [1.807, 2.05) is 24.3 Å². The van der Waals surface area contributed by atoms with E-state index in [1.165, 1.54) is 12.1 Å². The lowest BCUT2D eigenvalue weighted by atomic mass is 10.1. The first-order valence-electron chi connectivity index (χ1n) is 8.70. The molecule has 1 aliphatic heterocycles. The maximum absolute atomic E-state index is 12.4. The summed E-state index contributed by atoms with van der Waals surface area (Å²) in [6.07, 6.45) is 0. The normalized spacial score (nSPS) is 14.9. The third-order valence-corrected chi connectivity index (χ3v) is 4.66. The van der Waals surface area contributed by atoms with E-state index in [4.69, 9.17) is 0 Å². The summed E-state index contributed by atoms with van der Waals surface area (Å²) in [4.78, 5) is 27.6. The number of hydrogen-bond acceptors (Lipinski definition) is 5. The van der Waals surface area contributed by atoms with Crippen LogP contribution < -0.4 is 10.2 Å².